The van der Waals surface area contributed by atoms with E-state index in [1.165, 1.54) is 13.1 Å². The minimum atomic E-state index is -2.48. The molecule has 0 fully saturated rings. The molecule has 0 unspecified atom stereocenters. The van der Waals surface area contributed by atoms with Crippen LogP contribution in [0.15, 0.2) is 6.07 Å². The van der Waals surface area contributed by atoms with Crippen LogP contribution in [-0.4, -0.2) is 9.78 Å². The minimum absolute atomic E-state index is 0.0922. The smallest absolute Gasteiger partial charge is 0.280 e. The predicted octanol–water partition coefficient (Wildman–Crippen LogP) is 0.816. The summed E-state index contributed by atoms with van der Waals surface area (Å²) in [4.78, 5) is 0. The number of nitrogens with two attached hydrogens (primary N) is 1. The number of alkyl halides is 2. The molecule has 1 heterocycles. The van der Waals surface area contributed by atoms with Crippen molar-refractivity contribution in [2.75, 3.05) is 0 Å². The van der Waals surface area contributed by atoms with Crippen molar-refractivity contribution in [3.63, 3.8) is 0 Å². The number of nitrogens with zero attached hydrogens (tertiary/aromatic N) is 2. The lowest BCUT2D eigenvalue weighted by Gasteiger charge is -1.96. The standard InChI is InChI=1S/C6H9F2N3/c1-11-5(6(7)8)2-4(3-9)10-11/h2,6H,3,9H2,1H3. The van der Waals surface area contributed by atoms with Crippen LogP contribution < -0.4 is 5.73 Å². The molecule has 1 rings (SSSR count). The van der Waals surface area contributed by atoms with Crippen molar-refractivity contribution in [2.45, 2.75) is 13.0 Å². The molecule has 11 heavy (non-hydrogen) atoms. The molecule has 0 aliphatic carbocycles. The summed E-state index contributed by atoms with van der Waals surface area (Å²) in [5, 5.41) is 3.76. The summed E-state index contributed by atoms with van der Waals surface area (Å²) in [5.74, 6) is 0. The van der Waals surface area contributed by atoms with E-state index in [1.54, 1.807) is 0 Å². The number of hydrogen-bond donors (Lipinski definition) is 1. The Balaban J connectivity index is 2.97. The molecule has 3 nitrogen and oxygen atoms in total. The van der Waals surface area contributed by atoms with Gasteiger partial charge >= 0.3 is 0 Å². The second-order valence-corrected chi connectivity index (χ2v) is 2.19. The van der Waals surface area contributed by atoms with Crippen LogP contribution in [0.4, 0.5) is 8.78 Å². The van der Waals surface area contributed by atoms with Crippen LogP contribution in [0, 0.1) is 0 Å². The highest BCUT2D eigenvalue weighted by Crippen LogP contribution is 2.18. The summed E-state index contributed by atoms with van der Waals surface area (Å²) < 4.78 is 25.3. The second-order valence-electron chi connectivity index (χ2n) is 2.19. The van der Waals surface area contributed by atoms with Gasteiger partial charge in [0.15, 0.2) is 0 Å². The molecular weight excluding hydrogens is 152 g/mol. The minimum Gasteiger partial charge on any atom is -0.325 e. The van der Waals surface area contributed by atoms with Gasteiger partial charge in [0.25, 0.3) is 6.43 Å². The first-order valence-corrected chi connectivity index (χ1v) is 3.16. The van der Waals surface area contributed by atoms with Crippen LogP contribution in [0.5, 0.6) is 0 Å². The Kier molecular flexibility index (Phi) is 2.19. The average Bonchev–Trinajstić information content (AvgIpc) is 2.30. The first-order chi connectivity index (χ1) is 5.15. The molecule has 0 radical (unpaired) electrons. The van der Waals surface area contributed by atoms with Crippen molar-refractivity contribution in [1.82, 2.24) is 9.78 Å². The van der Waals surface area contributed by atoms with Gasteiger partial charge in [0.05, 0.1) is 5.69 Å². The van der Waals surface area contributed by atoms with Crippen LogP contribution in [0.3, 0.4) is 0 Å². The van der Waals surface area contributed by atoms with Crippen molar-refractivity contribution in [3.05, 3.63) is 17.5 Å². The fourth-order valence-electron chi connectivity index (χ4n) is 0.847. The van der Waals surface area contributed by atoms with E-state index in [9.17, 15) is 8.78 Å². The van der Waals surface area contributed by atoms with E-state index < -0.39 is 6.43 Å². The first-order valence-electron chi connectivity index (χ1n) is 3.16. The zero-order valence-corrected chi connectivity index (χ0v) is 6.09. The summed E-state index contributed by atoms with van der Waals surface area (Å²) in [5.41, 5.74) is 5.61. The number of halogens is 2. The van der Waals surface area contributed by atoms with Crippen molar-refractivity contribution >= 4 is 0 Å². The van der Waals surface area contributed by atoms with Crippen LogP contribution in [0.1, 0.15) is 17.8 Å². The van der Waals surface area contributed by atoms with Crippen molar-refractivity contribution in [3.8, 4) is 0 Å². The van der Waals surface area contributed by atoms with Gasteiger partial charge < -0.3 is 5.73 Å². The molecule has 0 amide bonds. The fraction of sp³-hybridized carbons (Fsp3) is 0.500. The first kappa shape index (κ1) is 8.13. The van der Waals surface area contributed by atoms with E-state index >= 15 is 0 Å². The SMILES string of the molecule is Cn1nc(CN)cc1C(F)F. The molecule has 0 bridgehead atoms. The summed E-state index contributed by atoms with van der Waals surface area (Å²) in [7, 11) is 1.47. The Morgan fingerprint density at radius 1 is 1.73 bits per heavy atom. The summed E-state index contributed by atoms with van der Waals surface area (Å²) in [6, 6.07) is 1.31. The van der Waals surface area contributed by atoms with Crippen molar-refractivity contribution < 1.29 is 8.78 Å². The molecule has 0 saturated carbocycles. The normalized spacial score (nSPS) is 11.0. The third kappa shape index (κ3) is 1.54. The van der Waals surface area contributed by atoms with E-state index in [4.69, 9.17) is 5.73 Å². The maximum absolute atomic E-state index is 12.1. The van der Waals surface area contributed by atoms with Gasteiger partial charge in [0.2, 0.25) is 0 Å². The third-order valence-electron chi connectivity index (χ3n) is 1.40. The highest BCUT2D eigenvalue weighted by Gasteiger charge is 2.12. The molecule has 0 saturated heterocycles. The molecule has 2 N–H and O–H groups in total. The van der Waals surface area contributed by atoms with Crippen LogP contribution in [0.25, 0.3) is 0 Å². The van der Waals surface area contributed by atoms with Crippen LogP contribution >= 0.6 is 0 Å². The third-order valence-corrected chi connectivity index (χ3v) is 1.40. The lowest BCUT2D eigenvalue weighted by atomic mass is 10.3. The Hall–Kier alpha value is -0.970. The van der Waals surface area contributed by atoms with Gasteiger partial charge in [-0.05, 0) is 6.07 Å². The molecule has 0 aromatic carbocycles. The molecule has 0 aliphatic heterocycles. The van der Waals surface area contributed by atoms with E-state index in [-0.39, 0.29) is 12.2 Å². The number of aromatic nitrogens is 2. The summed E-state index contributed by atoms with van der Waals surface area (Å²) in [6.07, 6.45) is -2.48. The zero-order chi connectivity index (χ0) is 8.43. The van der Waals surface area contributed by atoms with Crippen molar-refractivity contribution in [2.24, 2.45) is 12.8 Å². The van der Waals surface area contributed by atoms with E-state index in [2.05, 4.69) is 5.10 Å². The molecule has 1 aromatic rings. The molecule has 0 spiro atoms. The quantitative estimate of drug-likeness (QED) is 0.697. The highest BCUT2D eigenvalue weighted by molar-refractivity contribution is 5.10. The summed E-state index contributed by atoms with van der Waals surface area (Å²) in [6.45, 7) is 0.195. The Labute approximate surface area is 62.8 Å². The molecular formula is C6H9F2N3. The maximum atomic E-state index is 12.1. The van der Waals surface area contributed by atoms with Gasteiger partial charge in [-0.15, -0.1) is 0 Å². The Morgan fingerprint density at radius 3 is 2.64 bits per heavy atom. The molecule has 0 aliphatic rings. The lowest BCUT2D eigenvalue weighted by molar-refractivity contribution is 0.141. The average molecular weight is 161 g/mol. The highest BCUT2D eigenvalue weighted by atomic mass is 19.3. The summed E-state index contributed by atoms with van der Waals surface area (Å²) >= 11 is 0. The Bertz CT molecular complexity index is 244. The number of rotatable bonds is 2. The zero-order valence-electron chi connectivity index (χ0n) is 6.09. The molecule has 5 heteroatoms. The maximum Gasteiger partial charge on any atom is 0.280 e. The van der Waals surface area contributed by atoms with Gasteiger partial charge in [-0.25, -0.2) is 8.78 Å². The number of hydrogen-bond acceptors (Lipinski definition) is 2. The van der Waals surface area contributed by atoms with Gasteiger partial charge in [-0.1, -0.05) is 0 Å². The molecule has 0 atom stereocenters. The van der Waals surface area contributed by atoms with Crippen LogP contribution in [0.2, 0.25) is 0 Å². The van der Waals surface area contributed by atoms with E-state index in [1.807, 2.05) is 0 Å². The topological polar surface area (TPSA) is 43.8 Å². The van der Waals surface area contributed by atoms with Crippen LogP contribution in [-0.2, 0) is 13.6 Å². The van der Waals surface area contributed by atoms with Crippen molar-refractivity contribution in [1.29, 1.82) is 0 Å². The molecule has 1 aromatic heterocycles. The predicted molar refractivity (Wildman–Crippen MR) is 36.1 cm³/mol. The monoisotopic (exact) mass is 161 g/mol. The second kappa shape index (κ2) is 2.96. The van der Waals surface area contributed by atoms with E-state index in [0.717, 1.165) is 4.68 Å². The van der Waals surface area contributed by atoms with Gasteiger partial charge in [-0.3, -0.25) is 4.68 Å². The lowest BCUT2D eigenvalue weighted by Crippen LogP contribution is -2.00. The Morgan fingerprint density at radius 2 is 2.36 bits per heavy atom. The van der Waals surface area contributed by atoms with Gasteiger partial charge in [0.1, 0.15) is 5.69 Å². The largest absolute Gasteiger partial charge is 0.325 e. The number of aryl methyl sites for hydroxylation is 1. The fourth-order valence-corrected chi connectivity index (χ4v) is 0.847. The van der Waals surface area contributed by atoms with E-state index in [0.29, 0.717) is 5.69 Å². The van der Waals surface area contributed by atoms with Gasteiger partial charge in [-0.2, -0.15) is 5.10 Å². The van der Waals surface area contributed by atoms with Gasteiger partial charge in [0, 0.05) is 13.6 Å². The molecule has 62 valence electrons.